The molecule has 136 valence electrons. The third-order valence-corrected chi connectivity index (χ3v) is 3.63. The van der Waals surface area contributed by atoms with Gasteiger partial charge < -0.3 is 24.5 Å². The van der Waals surface area contributed by atoms with Crippen molar-refractivity contribution in [3.05, 3.63) is 39.4 Å². The fourth-order valence-electron chi connectivity index (χ4n) is 2.20. The second-order valence-electron chi connectivity index (χ2n) is 4.75. The van der Waals surface area contributed by atoms with Gasteiger partial charge >= 0.3 is 0 Å². The summed E-state index contributed by atoms with van der Waals surface area (Å²) >= 11 is 5.28. The Hall–Kier alpha value is -2.65. The molecule has 1 aromatic heterocycles. The molecule has 25 heavy (non-hydrogen) atoms. The van der Waals surface area contributed by atoms with Gasteiger partial charge in [0.1, 0.15) is 11.5 Å². The SMILES string of the molecule is CNCCn1c(-c2ccc(OC)cc2OC)cc(=O)[nH]c1=S.O=CO. The number of H-pyrrole nitrogens is 1. The minimum Gasteiger partial charge on any atom is -0.497 e. The molecule has 2 rings (SSSR count). The maximum Gasteiger partial charge on any atom is 0.290 e. The Morgan fingerprint density at radius 3 is 2.56 bits per heavy atom. The quantitative estimate of drug-likeness (QED) is 0.525. The van der Waals surface area contributed by atoms with E-state index in [2.05, 4.69) is 10.3 Å². The highest BCUT2D eigenvalue weighted by molar-refractivity contribution is 7.71. The van der Waals surface area contributed by atoms with Crippen LogP contribution in [0.5, 0.6) is 11.5 Å². The second-order valence-corrected chi connectivity index (χ2v) is 5.14. The average Bonchev–Trinajstić information content (AvgIpc) is 2.60. The number of carboxylic acid groups (broad SMARTS) is 1. The second kappa shape index (κ2) is 10.3. The van der Waals surface area contributed by atoms with Crippen molar-refractivity contribution in [3.8, 4) is 22.8 Å². The minimum atomic E-state index is -0.250. The lowest BCUT2D eigenvalue weighted by molar-refractivity contribution is -0.122. The highest BCUT2D eigenvalue weighted by atomic mass is 32.1. The van der Waals surface area contributed by atoms with Crippen LogP contribution in [0.4, 0.5) is 0 Å². The monoisotopic (exact) mass is 367 g/mol. The number of benzene rings is 1. The minimum absolute atomic E-state index is 0.237. The Bertz CT molecular complexity index is 816. The van der Waals surface area contributed by atoms with E-state index in [0.717, 1.165) is 12.1 Å². The molecule has 0 radical (unpaired) electrons. The van der Waals surface area contributed by atoms with Gasteiger partial charge in [0.15, 0.2) is 4.77 Å². The van der Waals surface area contributed by atoms with Gasteiger partial charge in [0.25, 0.3) is 12.0 Å². The number of ether oxygens (including phenoxy) is 2. The first-order valence-electron chi connectivity index (χ1n) is 7.31. The van der Waals surface area contributed by atoms with Crippen molar-refractivity contribution in [2.45, 2.75) is 6.54 Å². The number of hydrogen-bond acceptors (Lipinski definition) is 6. The zero-order chi connectivity index (χ0) is 18.8. The summed E-state index contributed by atoms with van der Waals surface area (Å²) in [6.07, 6.45) is 0. The van der Waals surface area contributed by atoms with Crippen LogP contribution in [0.1, 0.15) is 0 Å². The Morgan fingerprint density at radius 2 is 2.00 bits per heavy atom. The molecule has 0 aliphatic rings. The highest BCUT2D eigenvalue weighted by Crippen LogP contribution is 2.32. The van der Waals surface area contributed by atoms with Crippen molar-refractivity contribution in [2.75, 3.05) is 27.8 Å². The van der Waals surface area contributed by atoms with E-state index in [1.807, 2.05) is 23.7 Å². The maximum absolute atomic E-state index is 11.8. The molecule has 8 nitrogen and oxygen atoms in total. The van der Waals surface area contributed by atoms with Gasteiger partial charge in [-0.2, -0.15) is 0 Å². The van der Waals surface area contributed by atoms with Gasteiger partial charge in [0, 0.05) is 30.8 Å². The van der Waals surface area contributed by atoms with E-state index < -0.39 is 0 Å². The molecule has 3 N–H and O–H groups in total. The molecule has 0 saturated heterocycles. The van der Waals surface area contributed by atoms with E-state index in [9.17, 15) is 4.79 Å². The van der Waals surface area contributed by atoms with Crippen LogP contribution < -0.4 is 20.3 Å². The van der Waals surface area contributed by atoms with Crippen LogP contribution >= 0.6 is 12.2 Å². The maximum atomic E-state index is 11.8. The number of aromatic amines is 1. The van der Waals surface area contributed by atoms with Gasteiger partial charge in [-0.15, -0.1) is 0 Å². The van der Waals surface area contributed by atoms with Crippen LogP contribution in [0.3, 0.4) is 0 Å². The molecular formula is C16H21N3O5S. The van der Waals surface area contributed by atoms with Crippen LogP contribution in [-0.4, -0.2) is 48.9 Å². The number of rotatable bonds is 6. The molecular weight excluding hydrogens is 346 g/mol. The molecule has 9 heteroatoms. The van der Waals surface area contributed by atoms with Crippen LogP contribution in [-0.2, 0) is 11.3 Å². The molecule has 0 saturated carbocycles. The number of methoxy groups -OCH3 is 2. The summed E-state index contributed by atoms with van der Waals surface area (Å²) in [6, 6.07) is 6.99. The molecule has 0 aliphatic carbocycles. The zero-order valence-electron chi connectivity index (χ0n) is 14.2. The molecule has 1 heterocycles. The van der Waals surface area contributed by atoms with Crippen molar-refractivity contribution in [1.29, 1.82) is 0 Å². The average molecular weight is 367 g/mol. The summed E-state index contributed by atoms with van der Waals surface area (Å²) in [7, 11) is 5.04. The molecule has 0 aliphatic heterocycles. The zero-order valence-corrected chi connectivity index (χ0v) is 15.1. The number of hydrogen-bond donors (Lipinski definition) is 3. The standard InChI is InChI=1S/C15H19N3O3S.CH2O2/c1-16-6-7-18-12(9-14(19)17-15(18)22)11-5-4-10(20-2)8-13(11)21-3;2-1-3/h4-5,8-9,16H,6-7H2,1-3H3,(H,17,19,22);1H,(H,2,3). The van der Waals surface area contributed by atoms with Gasteiger partial charge in [-0.05, 0) is 31.4 Å². The van der Waals surface area contributed by atoms with Crippen molar-refractivity contribution in [2.24, 2.45) is 0 Å². The molecule has 0 fully saturated rings. The van der Waals surface area contributed by atoms with Crippen LogP contribution in [0.2, 0.25) is 0 Å². The number of nitrogens with zero attached hydrogens (tertiary/aromatic N) is 1. The third-order valence-electron chi connectivity index (χ3n) is 3.30. The van der Waals surface area contributed by atoms with Gasteiger partial charge in [0.2, 0.25) is 0 Å². The number of carbonyl (C=O) groups is 1. The predicted molar refractivity (Wildman–Crippen MR) is 97.0 cm³/mol. The lowest BCUT2D eigenvalue weighted by atomic mass is 10.1. The third kappa shape index (κ3) is 5.44. The van der Waals surface area contributed by atoms with Crippen molar-refractivity contribution < 1.29 is 19.4 Å². The van der Waals surface area contributed by atoms with Crippen LogP contribution in [0, 0.1) is 4.77 Å². The Balaban J connectivity index is 0.000000970. The van der Waals surface area contributed by atoms with Gasteiger partial charge in [0.05, 0.1) is 19.9 Å². The molecule has 0 spiro atoms. The van der Waals surface area contributed by atoms with Gasteiger partial charge in [-0.25, -0.2) is 0 Å². The van der Waals surface area contributed by atoms with Crippen LogP contribution in [0.15, 0.2) is 29.1 Å². The summed E-state index contributed by atoms with van der Waals surface area (Å²) in [4.78, 5) is 22.8. The summed E-state index contributed by atoms with van der Waals surface area (Å²) in [6.45, 7) is 1.11. The molecule has 1 aromatic carbocycles. The van der Waals surface area contributed by atoms with Crippen molar-refractivity contribution in [3.63, 3.8) is 0 Å². The van der Waals surface area contributed by atoms with Crippen molar-refractivity contribution in [1.82, 2.24) is 14.9 Å². The summed E-state index contributed by atoms with van der Waals surface area (Å²) in [5.41, 5.74) is 1.26. The summed E-state index contributed by atoms with van der Waals surface area (Å²) in [5.74, 6) is 1.31. The Kier molecular flexibility index (Phi) is 8.37. The summed E-state index contributed by atoms with van der Waals surface area (Å²) < 4.78 is 12.9. The highest BCUT2D eigenvalue weighted by Gasteiger charge is 2.12. The first-order valence-corrected chi connectivity index (χ1v) is 7.72. The fraction of sp³-hybridized carbons (Fsp3) is 0.312. The number of aromatic nitrogens is 2. The van der Waals surface area contributed by atoms with E-state index in [-0.39, 0.29) is 12.0 Å². The molecule has 0 unspecified atom stereocenters. The molecule has 0 bridgehead atoms. The smallest absolute Gasteiger partial charge is 0.290 e. The normalized spacial score (nSPS) is 9.72. The molecule has 0 amide bonds. The lowest BCUT2D eigenvalue weighted by Gasteiger charge is -2.16. The topological polar surface area (TPSA) is 106 Å². The first-order chi connectivity index (χ1) is 12.0. The van der Waals surface area contributed by atoms with Crippen molar-refractivity contribution >= 4 is 18.7 Å². The summed E-state index contributed by atoms with van der Waals surface area (Å²) in [5, 5.41) is 9.96. The first kappa shape index (κ1) is 20.4. The van der Waals surface area contributed by atoms with E-state index in [1.165, 1.54) is 6.07 Å². The molecule has 0 atom stereocenters. The van der Waals surface area contributed by atoms with E-state index in [0.29, 0.717) is 28.5 Å². The van der Waals surface area contributed by atoms with Gasteiger partial charge in [-0.1, -0.05) is 0 Å². The Labute approximate surface area is 150 Å². The number of nitrogens with one attached hydrogen (secondary N) is 2. The van der Waals surface area contributed by atoms with E-state index in [1.54, 1.807) is 20.3 Å². The van der Waals surface area contributed by atoms with E-state index >= 15 is 0 Å². The number of likely N-dealkylation sites (N-methyl/N-ethyl adjacent to an activating group) is 1. The predicted octanol–water partition coefficient (Wildman–Crippen LogP) is 1.51. The molecule has 2 aromatic rings. The van der Waals surface area contributed by atoms with Crippen LogP contribution in [0.25, 0.3) is 11.3 Å². The Morgan fingerprint density at radius 1 is 1.32 bits per heavy atom. The largest absolute Gasteiger partial charge is 0.497 e. The lowest BCUT2D eigenvalue weighted by Crippen LogP contribution is -2.21. The van der Waals surface area contributed by atoms with E-state index in [4.69, 9.17) is 31.6 Å². The fourth-order valence-corrected chi connectivity index (χ4v) is 2.49. The van der Waals surface area contributed by atoms with Gasteiger partial charge in [-0.3, -0.25) is 14.6 Å².